The summed E-state index contributed by atoms with van der Waals surface area (Å²) in [5.74, 6) is -0.778. The van der Waals surface area contributed by atoms with Crippen molar-refractivity contribution in [2.45, 2.75) is 65.6 Å². The standard InChI is InChI=1S/C23H29N5O4/c1-23(2,3)22(31)32-14-27-9-8-17-20(24-13-25-21(17)27)16-11-26-28(12-16)18(10-19(29)30)15-6-4-5-7-15/h8-9,11-13,15,18H,4-7,10,14H2,1-3H3,(H,29,30)/t18-/m1/s1. The molecule has 0 unspecified atom stereocenters. The van der Waals surface area contributed by atoms with Gasteiger partial charge in [0, 0.05) is 23.3 Å². The minimum absolute atomic E-state index is 0.0560. The van der Waals surface area contributed by atoms with E-state index in [1.54, 1.807) is 15.4 Å². The van der Waals surface area contributed by atoms with Gasteiger partial charge in [0.2, 0.25) is 0 Å². The van der Waals surface area contributed by atoms with Gasteiger partial charge in [-0.3, -0.25) is 18.8 Å². The molecule has 1 aliphatic rings. The van der Waals surface area contributed by atoms with Crippen LogP contribution in [0.25, 0.3) is 22.3 Å². The van der Waals surface area contributed by atoms with Gasteiger partial charge in [0.05, 0.1) is 29.8 Å². The number of aromatic nitrogens is 5. The van der Waals surface area contributed by atoms with Crippen LogP contribution in [0.2, 0.25) is 0 Å². The fraction of sp³-hybridized carbons (Fsp3) is 0.522. The molecule has 32 heavy (non-hydrogen) atoms. The molecule has 170 valence electrons. The Hall–Kier alpha value is -3.23. The first-order valence-corrected chi connectivity index (χ1v) is 11.0. The van der Waals surface area contributed by atoms with Gasteiger partial charge in [0.25, 0.3) is 0 Å². The first-order chi connectivity index (χ1) is 15.2. The lowest BCUT2D eigenvalue weighted by atomic mass is 9.95. The topological polar surface area (TPSA) is 112 Å². The van der Waals surface area contributed by atoms with Crippen LogP contribution in [0.1, 0.15) is 58.9 Å². The maximum absolute atomic E-state index is 12.1. The largest absolute Gasteiger partial charge is 0.481 e. The molecule has 1 N–H and O–H groups in total. The SMILES string of the molecule is CC(C)(C)C(=O)OCn1ccc2c(-c3cnn([C@H](CC(=O)O)C4CCCC4)c3)ncnc21. The zero-order valence-electron chi connectivity index (χ0n) is 18.7. The number of hydrogen-bond donors (Lipinski definition) is 1. The van der Waals surface area contributed by atoms with E-state index in [1.807, 2.05) is 39.2 Å². The van der Waals surface area contributed by atoms with Crippen LogP contribution in [0, 0.1) is 11.3 Å². The molecule has 3 aromatic heterocycles. The zero-order chi connectivity index (χ0) is 22.9. The van der Waals surface area contributed by atoms with E-state index in [2.05, 4.69) is 15.1 Å². The van der Waals surface area contributed by atoms with Gasteiger partial charge in [-0.05, 0) is 45.6 Å². The minimum atomic E-state index is -0.815. The van der Waals surface area contributed by atoms with E-state index in [1.165, 1.54) is 6.33 Å². The van der Waals surface area contributed by atoms with Crippen molar-refractivity contribution in [3.05, 3.63) is 31.0 Å². The molecular weight excluding hydrogens is 410 g/mol. The molecule has 0 radical (unpaired) electrons. The van der Waals surface area contributed by atoms with E-state index in [0.717, 1.165) is 36.6 Å². The van der Waals surface area contributed by atoms with Gasteiger partial charge < -0.3 is 9.84 Å². The van der Waals surface area contributed by atoms with E-state index in [-0.39, 0.29) is 25.2 Å². The molecule has 0 aromatic carbocycles. The molecule has 9 nitrogen and oxygen atoms in total. The van der Waals surface area contributed by atoms with Crippen LogP contribution in [0.4, 0.5) is 0 Å². The normalized spacial score (nSPS) is 15.8. The van der Waals surface area contributed by atoms with Crippen molar-refractivity contribution in [2.75, 3.05) is 0 Å². The van der Waals surface area contributed by atoms with Crippen molar-refractivity contribution in [1.82, 2.24) is 24.3 Å². The van der Waals surface area contributed by atoms with Gasteiger partial charge in [-0.2, -0.15) is 5.10 Å². The van der Waals surface area contributed by atoms with Crippen LogP contribution in [-0.4, -0.2) is 41.4 Å². The van der Waals surface area contributed by atoms with Gasteiger partial charge in [0.1, 0.15) is 12.0 Å². The first kappa shape index (κ1) is 22.0. The van der Waals surface area contributed by atoms with Crippen LogP contribution in [0.3, 0.4) is 0 Å². The van der Waals surface area contributed by atoms with Crippen molar-refractivity contribution in [3.63, 3.8) is 0 Å². The summed E-state index contributed by atoms with van der Waals surface area (Å²) >= 11 is 0. The summed E-state index contributed by atoms with van der Waals surface area (Å²) in [5.41, 5.74) is 1.59. The third-order valence-corrected chi connectivity index (χ3v) is 6.05. The van der Waals surface area contributed by atoms with Crippen molar-refractivity contribution in [1.29, 1.82) is 0 Å². The highest BCUT2D eigenvalue weighted by Crippen LogP contribution is 2.37. The quantitative estimate of drug-likeness (QED) is 0.553. The second kappa shape index (κ2) is 8.72. The second-order valence-electron chi connectivity index (χ2n) is 9.47. The molecule has 4 rings (SSSR count). The molecule has 1 aliphatic carbocycles. The van der Waals surface area contributed by atoms with E-state index in [0.29, 0.717) is 17.3 Å². The summed E-state index contributed by atoms with van der Waals surface area (Å²) in [6, 6.07) is 1.72. The Kier molecular flexibility index (Phi) is 5.99. The predicted octanol–water partition coefficient (Wildman–Crippen LogP) is 4.05. The lowest BCUT2D eigenvalue weighted by Gasteiger charge is -2.22. The van der Waals surface area contributed by atoms with E-state index in [9.17, 15) is 14.7 Å². The Morgan fingerprint density at radius 3 is 2.69 bits per heavy atom. The highest BCUT2D eigenvalue weighted by molar-refractivity contribution is 5.90. The molecule has 1 fully saturated rings. The molecule has 3 heterocycles. The van der Waals surface area contributed by atoms with Gasteiger partial charge >= 0.3 is 11.9 Å². The van der Waals surface area contributed by atoms with E-state index in [4.69, 9.17) is 4.74 Å². The summed E-state index contributed by atoms with van der Waals surface area (Å²) in [6.07, 6.45) is 11.3. The summed E-state index contributed by atoms with van der Waals surface area (Å²) in [7, 11) is 0. The Labute approximate surface area is 186 Å². The summed E-state index contributed by atoms with van der Waals surface area (Å²) in [4.78, 5) is 32.4. The number of fused-ring (bicyclic) bond motifs is 1. The van der Waals surface area contributed by atoms with Crippen molar-refractivity contribution in [3.8, 4) is 11.3 Å². The molecule has 9 heteroatoms. The Morgan fingerprint density at radius 2 is 2.00 bits per heavy atom. The lowest BCUT2D eigenvalue weighted by molar-refractivity contribution is -0.156. The molecular formula is C23H29N5O4. The predicted molar refractivity (Wildman–Crippen MR) is 118 cm³/mol. The monoisotopic (exact) mass is 439 g/mol. The van der Waals surface area contributed by atoms with Crippen molar-refractivity contribution >= 4 is 23.0 Å². The van der Waals surface area contributed by atoms with E-state index < -0.39 is 11.4 Å². The van der Waals surface area contributed by atoms with Crippen LogP contribution >= 0.6 is 0 Å². The fourth-order valence-electron chi connectivity index (χ4n) is 4.32. The number of carbonyl (C=O) groups is 2. The molecule has 0 aliphatic heterocycles. The summed E-state index contributed by atoms with van der Waals surface area (Å²) in [5, 5.41) is 14.7. The lowest BCUT2D eigenvalue weighted by Crippen LogP contribution is -2.23. The van der Waals surface area contributed by atoms with Crippen LogP contribution in [0.5, 0.6) is 0 Å². The molecule has 0 bridgehead atoms. The zero-order valence-corrected chi connectivity index (χ0v) is 18.7. The Balaban J connectivity index is 1.60. The maximum Gasteiger partial charge on any atom is 0.312 e. The smallest absolute Gasteiger partial charge is 0.312 e. The van der Waals surface area contributed by atoms with Gasteiger partial charge in [-0.25, -0.2) is 9.97 Å². The second-order valence-corrected chi connectivity index (χ2v) is 9.47. The van der Waals surface area contributed by atoms with Gasteiger partial charge in [0.15, 0.2) is 6.73 Å². The minimum Gasteiger partial charge on any atom is -0.481 e. The number of nitrogens with zero attached hydrogens (tertiary/aromatic N) is 5. The van der Waals surface area contributed by atoms with Gasteiger partial charge in [-0.1, -0.05) is 12.8 Å². The fourth-order valence-corrected chi connectivity index (χ4v) is 4.32. The number of ether oxygens (including phenoxy) is 1. The summed E-state index contributed by atoms with van der Waals surface area (Å²) < 4.78 is 8.98. The number of carboxylic acids is 1. The molecule has 0 saturated heterocycles. The summed E-state index contributed by atoms with van der Waals surface area (Å²) in [6.45, 7) is 5.50. The number of esters is 1. The average molecular weight is 440 g/mol. The van der Waals surface area contributed by atoms with Crippen LogP contribution in [-0.2, 0) is 21.1 Å². The molecule has 1 atom stereocenters. The van der Waals surface area contributed by atoms with Crippen LogP contribution < -0.4 is 0 Å². The highest BCUT2D eigenvalue weighted by Gasteiger charge is 2.29. The third kappa shape index (κ3) is 4.51. The maximum atomic E-state index is 12.1. The molecule has 0 amide bonds. The highest BCUT2D eigenvalue weighted by atomic mass is 16.5. The number of rotatable bonds is 7. The Bertz CT molecular complexity index is 1120. The average Bonchev–Trinajstić information content (AvgIpc) is 3.50. The Morgan fingerprint density at radius 1 is 1.25 bits per heavy atom. The van der Waals surface area contributed by atoms with Crippen molar-refractivity contribution < 1.29 is 19.4 Å². The molecule has 3 aromatic rings. The number of carbonyl (C=O) groups excluding carboxylic acids is 1. The van der Waals surface area contributed by atoms with Crippen LogP contribution in [0.15, 0.2) is 31.0 Å². The number of aliphatic carboxylic acids is 1. The van der Waals surface area contributed by atoms with Gasteiger partial charge in [-0.15, -0.1) is 0 Å². The number of hydrogen-bond acceptors (Lipinski definition) is 6. The third-order valence-electron chi connectivity index (χ3n) is 6.05. The molecule has 1 saturated carbocycles. The number of carboxylic acid groups (broad SMARTS) is 1. The molecule has 0 spiro atoms. The van der Waals surface area contributed by atoms with E-state index >= 15 is 0 Å². The first-order valence-electron chi connectivity index (χ1n) is 11.0. The van der Waals surface area contributed by atoms with Crippen molar-refractivity contribution in [2.24, 2.45) is 11.3 Å².